The SMILES string of the molecule is CCNC(=NCCCN1C(=O)COc2ccccc21)NC(C)c1cccc(N2CCCC2)c1.I. The topological polar surface area (TPSA) is 69.2 Å². The fraction of sp³-hybridized carbons (Fsp3) is 0.462. The first-order chi connectivity index (χ1) is 16.2. The Morgan fingerprint density at radius 1 is 1.15 bits per heavy atom. The van der Waals surface area contributed by atoms with E-state index in [2.05, 4.69) is 53.6 Å². The van der Waals surface area contributed by atoms with Gasteiger partial charge in [-0.25, -0.2) is 0 Å². The van der Waals surface area contributed by atoms with Crippen LogP contribution < -0.4 is 25.2 Å². The molecule has 184 valence electrons. The molecule has 1 unspecified atom stereocenters. The molecule has 1 atom stereocenters. The summed E-state index contributed by atoms with van der Waals surface area (Å²) in [4.78, 5) is 21.4. The molecule has 1 fully saturated rings. The first kappa shape index (κ1) is 26.1. The van der Waals surface area contributed by atoms with Crippen LogP contribution in [-0.2, 0) is 4.79 Å². The molecule has 0 saturated carbocycles. The van der Waals surface area contributed by atoms with Crippen molar-refractivity contribution in [2.24, 2.45) is 4.99 Å². The number of anilines is 2. The lowest BCUT2D eigenvalue weighted by Crippen LogP contribution is -2.40. The van der Waals surface area contributed by atoms with Crippen LogP contribution in [0.1, 0.15) is 44.7 Å². The summed E-state index contributed by atoms with van der Waals surface area (Å²) < 4.78 is 5.53. The highest BCUT2D eigenvalue weighted by molar-refractivity contribution is 14.0. The molecule has 0 radical (unpaired) electrons. The van der Waals surface area contributed by atoms with E-state index in [-0.39, 0.29) is 42.5 Å². The van der Waals surface area contributed by atoms with E-state index in [0.29, 0.717) is 13.1 Å². The monoisotopic (exact) mass is 577 g/mol. The number of carbonyl (C=O) groups excluding carboxylic acids is 1. The molecule has 0 aromatic heterocycles. The van der Waals surface area contributed by atoms with E-state index < -0.39 is 0 Å². The van der Waals surface area contributed by atoms with Gasteiger partial charge in [-0.1, -0.05) is 24.3 Å². The summed E-state index contributed by atoms with van der Waals surface area (Å²) in [5.41, 5.74) is 3.39. The predicted octanol–water partition coefficient (Wildman–Crippen LogP) is 4.34. The summed E-state index contributed by atoms with van der Waals surface area (Å²) in [5.74, 6) is 1.56. The third-order valence-electron chi connectivity index (χ3n) is 6.16. The molecule has 2 aromatic rings. The number of hydrogen-bond acceptors (Lipinski definition) is 4. The van der Waals surface area contributed by atoms with E-state index >= 15 is 0 Å². The van der Waals surface area contributed by atoms with E-state index in [0.717, 1.165) is 43.5 Å². The number of nitrogens with zero attached hydrogens (tertiary/aromatic N) is 3. The molecule has 0 aliphatic carbocycles. The number of aliphatic imine (C=N–C) groups is 1. The van der Waals surface area contributed by atoms with Crippen LogP contribution in [0.4, 0.5) is 11.4 Å². The van der Waals surface area contributed by atoms with Crippen LogP contribution in [0.25, 0.3) is 0 Å². The summed E-state index contributed by atoms with van der Waals surface area (Å²) in [6, 6.07) is 16.6. The maximum absolute atomic E-state index is 12.3. The fourth-order valence-electron chi connectivity index (χ4n) is 4.39. The number of ether oxygens (including phenoxy) is 1. The average Bonchev–Trinajstić information content (AvgIpc) is 3.38. The smallest absolute Gasteiger partial charge is 0.265 e. The highest BCUT2D eigenvalue weighted by Gasteiger charge is 2.24. The van der Waals surface area contributed by atoms with Crippen LogP contribution >= 0.6 is 24.0 Å². The van der Waals surface area contributed by atoms with Gasteiger partial charge in [0.1, 0.15) is 5.75 Å². The Bertz CT molecular complexity index is 977. The van der Waals surface area contributed by atoms with Crippen molar-refractivity contribution in [2.75, 3.05) is 49.1 Å². The average molecular weight is 578 g/mol. The van der Waals surface area contributed by atoms with Crippen LogP contribution in [0.3, 0.4) is 0 Å². The number of para-hydroxylation sites is 2. The van der Waals surface area contributed by atoms with Gasteiger partial charge in [-0.3, -0.25) is 9.79 Å². The number of benzene rings is 2. The van der Waals surface area contributed by atoms with Gasteiger partial charge in [0.2, 0.25) is 0 Å². The molecule has 7 nitrogen and oxygen atoms in total. The lowest BCUT2D eigenvalue weighted by atomic mass is 10.1. The van der Waals surface area contributed by atoms with Crippen molar-refractivity contribution < 1.29 is 9.53 Å². The van der Waals surface area contributed by atoms with Gasteiger partial charge in [-0.2, -0.15) is 0 Å². The van der Waals surface area contributed by atoms with E-state index in [1.54, 1.807) is 4.90 Å². The van der Waals surface area contributed by atoms with Gasteiger partial charge in [0.25, 0.3) is 5.91 Å². The molecule has 2 aliphatic rings. The van der Waals surface area contributed by atoms with Crippen molar-refractivity contribution in [1.82, 2.24) is 10.6 Å². The number of rotatable bonds is 8. The minimum atomic E-state index is -0.00535. The number of guanidine groups is 1. The van der Waals surface area contributed by atoms with Crippen LogP contribution in [-0.4, -0.2) is 51.2 Å². The number of halogens is 1. The van der Waals surface area contributed by atoms with E-state index in [9.17, 15) is 4.79 Å². The highest BCUT2D eigenvalue weighted by atomic mass is 127. The molecular formula is C26H36IN5O2. The predicted molar refractivity (Wildman–Crippen MR) is 150 cm³/mol. The molecule has 2 N–H and O–H groups in total. The Morgan fingerprint density at radius 3 is 2.74 bits per heavy atom. The van der Waals surface area contributed by atoms with Gasteiger partial charge < -0.3 is 25.2 Å². The second-order valence-electron chi connectivity index (χ2n) is 8.57. The normalized spacial score (nSPS) is 16.4. The standard InChI is InChI=1S/C26H35N5O2.HI/c1-3-27-26(29-20(2)21-10-8-11-22(18-21)30-15-6-7-16-30)28-14-9-17-31-23-12-4-5-13-24(23)33-19-25(31)32;/h4-5,8,10-13,18,20H,3,6-7,9,14-17,19H2,1-2H3,(H2,27,28,29);1H. The molecule has 0 spiro atoms. The second kappa shape index (κ2) is 12.8. The number of carbonyl (C=O) groups is 1. The van der Waals surface area contributed by atoms with Crippen molar-refractivity contribution in [2.45, 2.75) is 39.2 Å². The second-order valence-corrected chi connectivity index (χ2v) is 8.57. The fourth-order valence-corrected chi connectivity index (χ4v) is 4.39. The number of nitrogens with one attached hydrogen (secondary N) is 2. The maximum Gasteiger partial charge on any atom is 0.265 e. The molecule has 2 aromatic carbocycles. The summed E-state index contributed by atoms with van der Waals surface area (Å²) in [7, 11) is 0. The van der Waals surface area contributed by atoms with Gasteiger partial charge in [0.15, 0.2) is 12.6 Å². The van der Waals surface area contributed by atoms with Gasteiger partial charge in [0, 0.05) is 38.4 Å². The Hall–Kier alpha value is -2.49. The number of fused-ring (bicyclic) bond motifs is 1. The zero-order chi connectivity index (χ0) is 23.0. The van der Waals surface area contributed by atoms with Gasteiger partial charge in [0.05, 0.1) is 11.7 Å². The van der Waals surface area contributed by atoms with Crippen LogP contribution in [0, 0.1) is 0 Å². The Morgan fingerprint density at radius 2 is 1.94 bits per heavy atom. The molecule has 1 amide bonds. The van der Waals surface area contributed by atoms with Crippen LogP contribution in [0.5, 0.6) is 5.75 Å². The molecule has 34 heavy (non-hydrogen) atoms. The summed E-state index contributed by atoms with van der Waals surface area (Å²) >= 11 is 0. The largest absolute Gasteiger partial charge is 0.482 e. The molecule has 1 saturated heterocycles. The maximum atomic E-state index is 12.3. The number of amides is 1. The zero-order valence-corrected chi connectivity index (χ0v) is 22.5. The summed E-state index contributed by atoms with van der Waals surface area (Å²) in [6.45, 7) is 8.66. The minimum Gasteiger partial charge on any atom is -0.482 e. The van der Waals surface area contributed by atoms with E-state index in [1.807, 2.05) is 24.3 Å². The Balaban J connectivity index is 0.00000324. The molecule has 4 rings (SSSR count). The lowest BCUT2D eigenvalue weighted by molar-refractivity contribution is -0.121. The van der Waals surface area contributed by atoms with Crippen molar-refractivity contribution >= 4 is 47.2 Å². The van der Waals surface area contributed by atoms with Crippen LogP contribution in [0.2, 0.25) is 0 Å². The van der Waals surface area contributed by atoms with Crippen molar-refractivity contribution in [1.29, 1.82) is 0 Å². The first-order valence-electron chi connectivity index (χ1n) is 12.1. The van der Waals surface area contributed by atoms with Crippen LogP contribution in [0.15, 0.2) is 53.5 Å². The zero-order valence-electron chi connectivity index (χ0n) is 20.1. The molecule has 0 bridgehead atoms. The first-order valence-corrected chi connectivity index (χ1v) is 12.1. The minimum absolute atomic E-state index is 0. The quantitative estimate of drug-likeness (QED) is 0.212. The van der Waals surface area contributed by atoms with E-state index in [4.69, 9.17) is 9.73 Å². The molecule has 2 aliphatic heterocycles. The summed E-state index contributed by atoms with van der Waals surface area (Å²) in [5, 5.41) is 6.88. The highest BCUT2D eigenvalue weighted by Crippen LogP contribution is 2.31. The van der Waals surface area contributed by atoms with Gasteiger partial charge in [-0.15, -0.1) is 24.0 Å². The lowest BCUT2D eigenvalue weighted by Gasteiger charge is -2.29. The van der Waals surface area contributed by atoms with E-state index in [1.165, 1.54) is 24.1 Å². The van der Waals surface area contributed by atoms with Crippen molar-refractivity contribution in [3.05, 3.63) is 54.1 Å². The van der Waals surface area contributed by atoms with Gasteiger partial charge in [-0.05, 0) is 62.9 Å². The number of hydrogen-bond donors (Lipinski definition) is 2. The molecule has 2 heterocycles. The Labute approximate surface area is 220 Å². The summed E-state index contributed by atoms with van der Waals surface area (Å²) in [6.07, 6.45) is 3.32. The van der Waals surface area contributed by atoms with Gasteiger partial charge >= 0.3 is 0 Å². The molecular weight excluding hydrogens is 541 g/mol. The molecule has 8 heteroatoms. The van der Waals surface area contributed by atoms with Crippen molar-refractivity contribution in [3.8, 4) is 5.75 Å². The third-order valence-corrected chi connectivity index (χ3v) is 6.16. The third kappa shape index (κ3) is 6.55. The van der Waals surface area contributed by atoms with Crippen molar-refractivity contribution in [3.63, 3.8) is 0 Å². The Kier molecular flexibility index (Phi) is 9.86.